The molecule has 0 bridgehead atoms. The topological polar surface area (TPSA) is 76.4 Å². The molecule has 0 aliphatic carbocycles. The van der Waals surface area contributed by atoms with Gasteiger partial charge in [-0.05, 0) is 50.2 Å². The fourth-order valence-corrected chi connectivity index (χ4v) is 2.66. The number of alkyl halides is 2. The number of halogens is 2. The molecule has 5 nitrogen and oxygen atoms in total. The van der Waals surface area contributed by atoms with Gasteiger partial charge in [0, 0.05) is 5.56 Å². The van der Waals surface area contributed by atoms with Crippen LogP contribution >= 0.6 is 0 Å². The van der Waals surface area contributed by atoms with Gasteiger partial charge in [-0.1, -0.05) is 0 Å². The van der Waals surface area contributed by atoms with Gasteiger partial charge in [-0.15, -0.1) is 0 Å². The molecule has 8 heteroatoms. The maximum absolute atomic E-state index is 12.4. The van der Waals surface area contributed by atoms with Gasteiger partial charge >= 0.3 is 5.76 Å². The summed E-state index contributed by atoms with van der Waals surface area (Å²) in [5.74, 6) is -2.67. The molecule has 1 N–H and O–H groups in total. The number of hydrogen-bond donors (Lipinski definition) is 1. The summed E-state index contributed by atoms with van der Waals surface area (Å²) in [5, 5.41) is 2.68. The van der Waals surface area contributed by atoms with Gasteiger partial charge in [0.15, 0.2) is 0 Å². The van der Waals surface area contributed by atoms with Crippen LogP contribution in [0.15, 0.2) is 45.7 Å². The van der Waals surface area contributed by atoms with Gasteiger partial charge < -0.3 is 9.73 Å². The van der Waals surface area contributed by atoms with Crippen molar-refractivity contribution in [2.24, 2.45) is 0 Å². The van der Waals surface area contributed by atoms with Crippen molar-refractivity contribution >= 4 is 15.7 Å². The molecule has 1 unspecified atom stereocenters. The van der Waals surface area contributed by atoms with Crippen LogP contribution in [-0.4, -0.2) is 20.1 Å². The normalized spacial score (nSPS) is 13.1. The standard InChI is InChI=1S/C15H15F2NO4S/c1-9-3-8-13(22-9)10(2)18-14(19)11-4-6-12(7-5-11)23(20,21)15(16)17/h3-8,10,15H,1-2H3,(H,18,19). The fraction of sp³-hybridized carbons (Fsp3) is 0.267. The van der Waals surface area contributed by atoms with E-state index in [1.165, 1.54) is 12.1 Å². The fourth-order valence-electron chi connectivity index (χ4n) is 1.94. The van der Waals surface area contributed by atoms with Crippen LogP contribution in [0.5, 0.6) is 0 Å². The molecular weight excluding hydrogens is 328 g/mol. The number of rotatable bonds is 5. The van der Waals surface area contributed by atoms with Crippen LogP contribution in [0, 0.1) is 6.92 Å². The van der Waals surface area contributed by atoms with Gasteiger partial charge in [0.25, 0.3) is 5.91 Å². The summed E-state index contributed by atoms with van der Waals surface area (Å²) in [6.07, 6.45) is 0. The molecule has 0 spiro atoms. The SMILES string of the molecule is Cc1ccc(C(C)NC(=O)c2ccc(S(=O)(=O)C(F)F)cc2)o1. The molecule has 0 saturated heterocycles. The van der Waals surface area contributed by atoms with Crippen LogP contribution in [0.3, 0.4) is 0 Å². The summed E-state index contributed by atoms with van der Waals surface area (Å²) in [5.41, 5.74) is 0.161. The molecule has 1 aromatic heterocycles. The Balaban J connectivity index is 2.12. The summed E-state index contributed by atoms with van der Waals surface area (Å²) in [6.45, 7) is 3.51. The lowest BCUT2D eigenvalue weighted by Crippen LogP contribution is -2.26. The lowest BCUT2D eigenvalue weighted by molar-refractivity contribution is 0.0935. The molecule has 1 aromatic carbocycles. The van der Waals surface area contributed by atoms with Gasteiger partial charge in [-0.2, -0.15) is 8.78 Å². The maximum atomic E-state index is 12.4. The van der Waals surface area contributed by atoms with E-state index in [1.54, 1.807) is 26.0 Å². The summed E-state index contributed by atoms with van der Waals surface area (Å²) < 4.78 is 52.9. The van der Waals surface area contributed by atoms with Crippen LogP contribution < -0.4 is 5.32 Å². The number of hydrogen-bond acceptors (Lipinski definition) is 4. The van der Waals surface area contributed by atoms with E-state index in [0.717, 1.165) is 12.1 Å². The molecule has 2 rings (SSSR count). The molecule has 0 fully saturated rings. The molecule has 0 aliphatic rings. The number of furan rings is 1. The van der Waals surface area contributed by atoms with Crippen molar-refractivity contribution < 1.29 is 26.4 Å². The number of amides is 1. The van der Waals surface area contributed by atoms with Gasteiger partial charge in [-0.25, -0.2) is 8.42 Å². The Morgan fingerprint density at radius 3 is 2.22 bits per heavy atom. The second-order valence-corrected chi connectivity index (χ2v) is 6.89. The molecule has 23 heavy (non-hydrogen) atoms. The molecule has 0 radical (unpaired) electrons. The van der Waals surface area contributed by atoms with Crippen molar-refractivity contribution in [2.75, 3.05) is 0 Å². The smallest absolute Gasteiger partial charge is 0.341 e. The lowest BCUT2D eigenvalue weighted by Gasteiger charge is -2.12. The van der Waals surface area contributed by atoms with Crippen LogP contribution in [0.4, 0.5) is 8.78 Å². The Hall–Kier alpha value is -2.22. The van der Waals surface area contributed by atoms with E-state index >= 15 is 0 Å². The van der Waals surface area contributed by atoms with E-state index in [-0.39, 0.29) is 11.6 Å². The Labute approximate surface area is 132 Å². The maximum Gasteiger partial charge on any atom is 0.341 e. The third kappa shape index (κ3) is 3.76. The minimum atomic E-state index is -4.66. The first-order valence-electron chi connectivity index (χ1n) is 6.71. The predicted octanol–water partition coefficient (Wildman–Crippen LogP) is 3.08. The average Bonchev–Trinajstić information content (AvgIpc) is 2.94. The third-order valence-corrected chi connectivity index (χ3v) is 4.61. The minimum Gasteiger partial charge on any atom is -0.464 e. The largest absolute Gasteiger partial charge is 0.464 e. The Kier molecular flexibility index (Phi) is 4.84. The van der Waals surface area contributed by atoms with E-state index in [2.05, 4.69) is 5.32 Å². The van der Waals surface area contributed by atoms with Crippen molar-refractivity contribution in [2.45, 2.75) is 30.5 Å². The van der Waals surface area contributed by atoms with Crippen molar-refractivity contribution in [3.05, 3.63) is 53.5 Å². The van der Waals surface area contributed by atoms with Gasteiger partial charge in [0.2, 0.25) is 9.84 Å². The van der Waals surface area contributed by atoms with Crippen molar-refractivity contribution in [3.8, 4) is 0 Å². The van der Waals surface area contributed by atoms with Crippen molar-refractivity contribution in [3.63, 3.8) is 0 Å². The molecule has 124 valence electrons. The number of carbonyl (C=O) groups excluding carboxylic acids is 1. The highest BCUT2D eigenvalue weighted by Crippen LogP contribution is 2.20. The Bertz CT molecular complexity index is 797. The Morgan fingerprint density at radius 2 is 1.74 bits per heavy atom. The quantitative estimate of drug-likeness (QED) is 0.905. The molecule has 1 atom stereocenters. The Morgan fingerprint density at radius 1 is 1.13 bits per heavy atom. The van der Waals surface area contributed by atoms with Crippen LogP contribution in [0.25, 0.3) is 0 Å². The lowest BCUT2D eigenvalue weighted by atomic mass is 10.2. The second kappa shape index (κ2) is 6.49. The highest BCUT2D eigenvalue weighted by Gasteiger charge is 2.26. The number of benzene rings is 1. The summed E-state index contributed by atoms with van der Waals surface area (Å²) in [7, 11) is -4.66. The van der Waals surface area contributed by atoms with Crippen LogP contribution in [-0.2, 0) is 9.84 Å². The predicted molar refractivity (Wildman–Crippen MR) is 79.0 cm³/mol. The zero-order chi connectivity index (χ0) is 17.2. The first kappa shape index (κ1) is 17.1. The van der Waals surface area contributed by atoms with Gasteiger partial charge in [-0.3, -0.25) is 4.79 Å². The first-order chi connectivity index (χ1) is 10.7. The van der Waals surface area contributed by atoms with E-state index in [1.807, 2.05) is 0 Å². The monoisotopic (exact) mass is 343 g/mol. The molecule has 2 aromatic rings. The highest BCUT2D eigenvalue weighted by atomic mass is 32.2. The third-order valence-electron chi connectivity index (χ3n) is 3.22. The highest BCUT2D eigenvalue weighted by molar-refractivity contribution is 7.91. The molecule has 0 aliphatic heterocycles. The molecule has 0 saturated carbocycles. The van der Waals surface area contributed by atoms with E-state index in [9.17, 15) is 22.0 Å². The first-order valence-corrected chi connectivity index (χ1v) is 8.26. The van der Waals surface area contributed by atoms with E-state index < -0.39 is 26.4 Å². The summed E-state index contributed by atoms with van der Waals surface area (Å²) >= 11 is 0. The van der Waals surface area contributed by atoms with Crippen molar-refractivity contribution in [1.82, 2.24) is 5.32 Å². The number of nitrogens with one attached hydrogen (secondary N) is 1. The molecular formula is C15H15F2NO4S. The van der Waals surface area contributed by atoms with Gasteiger partial charge in [0.1, 0.15) is 11.5 Å². The molecule has 1 heterocycles. The van der Waals surface area contributed by atoms with Gasteiger partial charge in [0.05, 0.1) is 10.9 Å². The summed E-state index contributed by atoms with van der Waals surface area (Å²) in [4.78, 5) is 11.6. The minimum absolute atomic E-state index is 0.161. The average molecular weight is 343 g/mol. The zero-order valence-electron chi connectivity index (χ0n) is 12.4. The number of carbonyl (C=O) groups is 1. The molecule has 1 amide bonds. The van der Waals surface area contributed by atoms with E-state index in [0.29, 0.717) is 11.5 Å². The van der Waals surface area contributed by atoms with Crippen LogP contribution in [0.1, 0.15) is 34.8 Å². The zero-order valence-corrected chi connectivity index (χ0v) is 13.2. The number of sulfone groups is 1. The van der Waals surface area contributed by atoms with E-state index in [4.69, 9.17) is 4.42 Å². The second-order valence-electron chi connectivity index (χ2n) is 4.97. The number of aryl methyl sites for hydroxylation is 1. The van der Waals surface area contributed by atoms with Crippen LogP contribution in [0.2, 0.25) is 0 Å². The summed E-state index contributed by atoms with van der Waals surface area (Å²) in [6, 6.07) is 7.45. The van der Waals surface area contributed by atoms with Crippen molar-refractivity contribution in [1.29, 1.82) is 0 Å².